The van der Waals surface area contributed by atoms with Gasteiger partial charge in [-0.25, -0.2) is 8.42 Å². The molecule has 226 valence electrons. The molecule has 0 aromatic heterocycles. The molecule has 0 radical (unpaired) electrons. The molecule has 1 heterocycles. The molecule has 1 aliphatic heterocycles. The predicted octanol–water partition coefficient (Wildman–Crippen LogP) is 1.83. The van der Waals surface area contributed by atoms with E-state index >= 15 is 0 Å². The minimum Gasteiger partial charge on any atom is -0.497 e. The molecule has 4 rings (SSSR count). The second-order valence-corrected chi connectivity index (χ2v) is 11.8. The summed E-state index contributed by atoms with van der Waals surface area (Å²) in [4.78, 5) is 52.3. The summed E-state index contributed by atoms with van der Waals surface area (Å²) in [5.41, 5.74) is 1.02. The predicted molar refractivity (Wildman–Crippen MR) is 157 cm³/mol. The van der Waals surface area contributed by atoms with E-state index in [-0.39, 0.29) is 42.5 Å². The number of rotatable bonds is 11. The van der Waals surface area contributed by atoms with Crippen LogP contribution in [0.1, 0.15) is 5.56 Å². The van der Waals surface area contributed by atoms with Crippen molar-refractivity contribution < 1.29 is 32.5 Å². The smallest absolute Gasteiger partial charge is 0.270 e. The number of benzene rings is 3. The quantitative estimate of drug-likeness (QED) is 0.255. The number of carbonyl (C=O) groups is 3. The highest BCUT2D eigenvalue weighted by molar-refractivity contribution is 7.89. The number of nitrogens with one attached hydrogen (secondary N) is 1. The van der Waals surface area contributed by atoms with Gasteiger partial charge in [-0.2, -0.15) is 4.31 Å². The maximum atomic E-state index is 13.5. The van der Waals surface area contributed by atoms with E-state index in [4.69, 9.17) is 4.74 Å². The van der Waals surface area contributed by atoms with E-state index in [2.05, 4.69) is 5.32 Å². The summed E-state index contributed by atoms with van der Waals surface area (Å²) in [6, 6.07) is 19.7. The molecule has 3 amide bonds. The Labute approximate surface area is 248 Å². The van der Waals surface area contributed by atoms with Crippen molar-refractivity contribution in [3.05, 3.63) is 94.5 Å². The van der Waals surface area contributed by atoms with E-state index in [1.807, 2.05) is 30.3 Å². The van der Waals surface area contributed by atoms with Crippen molar-refractivity contribution in [2.24, 2.45) is 0 Å². The van der Waals surface area contributed by atoms with Crippen molar-refractivity contribution in [3.8, 4) is 5.75 Å². The fourth-order valence-corrected chi connectivity index (χ4v) is 6.02. The minimum absolute atomic E-state index is 0.0799. The number of nitro benzene ring substituents is 1. The number of sulfonamides is 1. The molecule has 1 fully saturated rings. The van der Waals surface area contributed by atoms with Crippen LogP contribution in [-0.4, -0.2) is 86.6 Å². The van der Waals surface area contributed by atoms with E-state index in [0.29, 0.717) is 11.4 Å². The Morgan fingerprint density at radius 1 is 1.05 bits per heavy atom. The lowest BCUT2D eigenvalue weighted by Crippen LogP contribution is -2.56. The zero-order valence-corrected chi connectivity index (χ0v) is 24.4. The number of likely N-dealkylation sites (N-methyl/N-ethyl adjacent to an activating group) is 1. The van der Waals surface area contributed by atoms with Gasteiger partial charge in [-0.05, 0) is 35.9 Å². The van der Waals surface area contributed by atoms with Gasteiger partial charge in [0.1, 0.15) is 11.8 Å². The molecule has 0 aliphatic carbocycles. The first kappa shape index (κ1) is 31.1. The van der Waals surface area contributed by atoms with Crippen molar-refractivity contribution in [2.45, 2.75) is 17.4 Å². The van der Waals surface area contributed by atoms with E-state index in [1.165, 1.54) is 35.1 Å². The zero-order valence-electron chi connectivity index (χ0n) is 23.6. The molecule has 1 aliphatic rings. The summed E-state index contributed by atoms with van der Waals surface area (Å²) in [7, 11) is -1.05. The topological polar surface area (TPSA) is 159 Å². The van der Waals surface area contributed by atoms with Gasteiger partial charge in [-0.15, -0.1) is 0 Å². The molecule has 1 saturated heterocycles. The van der Waals surface area contributed by atoms with E-state index in [1.54, 1.807) is 31.3 Å². The molecule has 13 nitrogen and oxygen atoms in total. The second-order valence-electron chi connectivity index (χ2n) is 9.81. The molecule has 1 atom stereocenters. The maximum Gasteiger partial charge on any atom is 0.270 e. The van der Waals surface area contributed by atoms with Crippen LogP contribution in [0, 0.1) is 10.1 Å². The van der Waals surface area contributed by atoms with Crippen molar-refractivity contribution >= 4 is 39.1 Å². The number of methoxy groups -OCH3 is 1. The number of amides is 3. The highest BCUT2D eigenvalue weighted by Gasteiger charge is 2.35. The first-order valence-corrected chi connectivity index (χ1v) is 14.7. The lowest BCUT2D eigenvalue weighted by Gasteiger charge is -2.33. The van der Waals surface area contributed by atoms with Gasteiger partial charge in [0.15, 0.2) is 0 Å². The third kappa shape index (κ3) is 7.53. The number of ether oxygens (including phenoxy) is 1. The van der Waals surface area contributed by atoms with Crippen LogP contribution < -0.4 is 15.0 Å². The first-order valence-electron chi connectivity index (χ1n) is 13.3. The van der Waals surface area contributed by atoms with Crippen LogP contribution in [0.3, 0.4) is 0 Å². The number of piperazine rings is 1. The van der Waals surface area contributed by atoms with Gasteiger partial charge < -0.3 is 19.9 Å². The average molecular weight is 610 g/mol. The Kier molecular flexibility index (Phi) is 9.73. The number of nitro groups is 1. The van der Waals surface area contributed by atoms with Gasteiger partial charge >= 0.3 is 0 Å². The highest BCUT2D eigenvalue weighted by Crippen LogP contribution is 2.23. The molecule has 0 spiro atoms. The lowest BCUT2D eigenvalue weighted by atomic mass is 10.0. The molecule has 0 bridgehead atoms. The number of nitrogens with zero attached hydrogens (tertiary/aromatic N) is 4. The zero-order chi connectivity index (χ0) is 31.1. The first-order chi connectivity index (χ1) is 20.5. The summed E-state index contributed by atoms with van der Waals surface area (Å²) >= 11 is 0. The summed E-state index contributed by atoms with van der Waals surface area (Å²) in [5, 5.41) is 13.8. The van der Waals surface area contributed by atoms with Crippen LogP contribution in [-0.2, 0) is 30.8 Å². The Balaban J connectivity index is 1.43. The molecule has 0 unspecified atom stereocenters. The molecule has 3 aromatic rings. The normalized spacial score (nSPS) is 14.6. The van der Waals surface area contributed by atoms with Gasteiger partial charge in [-0.1, -0.05) is 36.4 Å². The fourth-order valence-electron chi connectivity index (χ4n) is 4.60. The van der Waals surface area contributed by atoms with E-state index in [9.17, 15) is 32.9 Å². The third-order valence-corrected chi connectivity index (χ3v) is 8.83. The number of anilines is 1. The average Bonchev–Trinajstić information content (AvgIpc) is 3.01. The number of hydrogen-bond donors (Lipinski definition) is 1. The Bertz CT molecular complexity index is 1600. The van der Waals surface area contributed by atoms with Gasteiger partial charge in [0.05, 0.1) is 30.0 Å². The van der Waals surface area contributed by atoms with E-state index in [0.717, 1.165) is 15.9 Å². The van der Waals surface area contributed by atoms with Crippen LogP contribution in [0.25, 0.3) is 0 Å². The van der Waals surface area contributed by atoms with Gasteiger partial charge in [0.25, 0.3) is 5.69 Å². The van der Waals surface area contributed by atoms with Crippen molar-refractivity contribution in [1.29, 1.82) is 0 Å². The SMILES string of the molecule is COc1ccc(N(C)C(=O)[C@H](Cc2ccccc2)NC(=O)CN2CCN(S(=O)(=O)c3cccc([N+](=O)[O-])c3)CC2=O)cc1. The van der Waals surface area contributed by atoms with Crippen LogP contribution in [0.15, 0.2) is 83.8 Å². The molecule has 3 aromatic carbocycles. The Morgan fingerprint density at radius 3 is 2.37 bits per heavy atom. The summed E-state index contributed by atoms with van der Waals surface area (Å²) in [6.07, 6.45) is 0.203. The number of hydrogen-bond acceptors (Lipinski definition) is 8. The largest absolute Gasteiger partial charge is 0.497 e. The second kappa shape index (κ2) is 13.4. The van der Waals surface area contributed by atoms with Gasteiger partial charge in [-0.3, -0.25) is 24.5 Å². The molecule has 14 heteroatoms. The summed E-state index contributed by atoms with van der Waals surface area (Å²) in [5.74, 6) is -0.944. The van der Waals surface area contributed by atoms with Crippen LogP contribution in [0.2, 0.25) is 0 Å². The monoisotopic (exact) mass is 609 g/mol. The minimum atomic E-state index is -4.19. The Hall–Kier alpha value is -4.82. The molecule has 1 N–H and O–H groups in total. The standard InChI is InChI=1S/C29H31N5O8S/c1-31(22-11-13-24(42-2)14-12-22)29(37)26(17-21-7-4-3-5-8-21)30-27(35)19-32-15-16-33(20-28(32)36)43(40,41)25-10-6-9-23(18-25)34(38)39/h3-14,18,26H,15-17,19-20H2,1-2H3,(H,30,35)/t26-/m0/s1. The van der Waals surface area contributed by atoms with Crippen molar-refractivity contribution in [1.82, 2.24) is 14.5 Å². The fraction of sp³-hybridized carbons (Fsp3) is 0.276. The van der Waals surface area contributed by atoms with Crippen LogP contribution in [0.5, 0.6) is 5.75 Å². The molecular weight excluding hydrogens is 578 g/mol. The number of carbonyl (C=O) groups excluding carboxylic acids is 3. The molecular formula is C29H31N5O8S. The molecule has 0 saturated carbocycles. The maximum absolute atomic E-state index is 13.5. The highest BCUT2D eigenvalue weighted by atomic mass is 32.2. The third-order valence-electron chi connectivity index (χ3n) is 6.99. The van der Waals surface area contributed by atoms with Crippen LogP contribution in [0.4, 0.5) is 11.4 Å². The number of non-ortho nitro benzene ring substituents is 1. The van der Waals surface area contributed by atoms with Gasteiger partial charge in [0, 0.05) is 44.4 Å². The van der Waals surface area contributed by atoms with E-state index < -0.39 is 39.3 Å². The summed E-state index contributed by atoms with van der Waals surface area (Å²) < 4.78 is 32.2. The van der Waals surface area contributed by atoms with Crippen LogP contribution >= 0.6 is 0 Å². The molecule has 43 heavy (non-hydrogen) atoms. The summed E-state index contributed by atoms with van der Waals surface area (Å²) in [6.45, 7) is -1.11. The van der Waals surface area contributed by atoms with Crippen molar-refractivity contribution in [2.75, 3.05) is 45.2 Å². The Morgan fingerprint density at radius 2 is 1.74 bits per heavy atom. The van der Waals surface area contributed by atoms with Gasteiger partial charge in [0.2, 0.25) is 27.7 Å². The van der Waals surface area contributed by atoms with Crippen molar-refractivity contribution in [3.63, 3.8) is 0 Å². The lowest BCUT2D eigenvalue weighted by molar-refractivity contribution is -0.385.